The molecule has 0 atom stereocenters. The van der Waals surface area contributed by atoms with Crippen LogP contribution in [0.5, 0.6) is 0 Å². The van der Waals surface area contributed by atoms with E-state index < -0.39 is 5.91 Å². The second kappa shape index (κ2) is 6.52. The molecule has 4 N–H and O–H groups in total. The molecule has 1 heterocycles. The molecule has 1 aromatic heterocycles. The van der Waals surface area contributed by atoms with Gasteiger partial charge in [0, 0.05) is 16.8 Å². The standard InChI is InChI=1S/C21H21N3O2/c1-5-18(25)24-17-8-6-7-14(12(17)3)15-9-10-16(21(22)26)20-19(15)11(2)13(4)23-20/h5-10,23H,1H2,2-4H3,(H2,22,26)(H,24,25). The van der Waals surface area contributed by atoms with Gasteiger partial charge in [0.2, 0.25) is 5.91 Å². The second-order valence-electron chi connectivity index (χ2n) is 6.32. The van der Waals surface area contributed by atoms with Crippen molar-refractivity contribution in [3.63, 3.8) is 0 Å². The maximum atomic E-state index is 11.8. The van der Waals surface area contributed by atoms with E-state index in [1.165, 1.54) is 6.08 Å². The number of anilines is 1. The average molecular weight is 347 g/mol. The smallest absolute Gasteiger partial charge is 0.250 e. The number of rotatable bonds is 4. The fourth-order valence-corrected chi connectivity index (χ4v) is 3.27. The molecule has 0 saturated heterocycles. The molecule has 0 unspecified atom stereocenters. The van der Waals surface area contributed by atoms with Crippen LogP contribution in [-0.2, 0) is 4.79 Å². The lowest BCUT2D eigenvalue weighted by Gasteiger charge is -2.14. The zero-order valence-electron chi connectivity index (χ0n) is 15.1. The summed E-state index contributed by atoms with van der Waals surface area (Å²) in [6.45, 7) is 9.43. The summed E-state index contributed by atoms with van der Waals surface area (Å²) in [5.41, 5.74) is 12.4. The molecule has 132 valence electrons. The van der Waals surface area contributed by atoms with Crippen LogP contribution in [0.2, 0.25) is 0 Å². The third-order valence-corrected chi connectivity index (χ3v) is 4.79. The van der Waals surface area contributed by atoms with Gasteiger partial charge in [0.15, 0.2) is 0 Å². The number of aromatic nitrogens is 1. The number of primary amides is 1. The van der Waals surface area contributed by atoms with Crippen molar-refractivity contribution < 1.29 is 9.59 Å². The lowest BCUT2D eigenvalue weighted by Crippen LogP contribution is -2.11. The molecule has 2 amide bonds. The fourth-order valence-electron chi connectivity index (χ4n) is 3.27. The summed E-state index contributed by atoms with van der Waals surface area (Å²) < 4.78 is 0. The van der Waals surface area contributed by atoms with Gasteiger partial charge >= 0.3 is 0 Å². The van der Waals surface area contributed by atoms with Crippen LogP contribution < -0.4 is 11.1 Å². The van der Waals surface area contributed by atoms with Gasteiger partial charge in [-0.05, 0) is 61.2 Å². The van der Waals surface area contributed by atoms with Crippen LogP contribution in [0.3, 0.4) is 0 Å². The quantitative estimate of drug-likeness (QED) is 0.623. The van der Waals surface area contributed by atoms with Crippen LogP contribution in [-0.4, -0.2) is 16.8 Å². The predicted molar refractivity (Wildman–Crippen MR) is 105 cm³/mol. The maximum Gasteiger partial charge on any atom is 0.250 e. The van der Waals surface area contributed by atoms with Gasteiger partial charge in [-0.25, -0.2) is 0 Å². The minimum absolute atomic E-state index is 0.256. The summed E-state index contributed by atoms with van der Waals surface area (Å²) in [5, 5.41) is 3.80. The summed E-state index contributed by atoms with van der Waals surface area (Å²) in [6.07, 6.45) is 1.24. The Kier molecular flexibility index (Phi) is 4.38. The average Bonchev–Trinajstić information content (AvgIpc) is 2.91. The first-order chi connectivity index (χ1) is 12.3. The minimum Gasteiger partial charge on any atom is -0.366 e. The molecule has 0 aliphatic carbocycles. The molecule has 2 aromatic carbocycles. The number of hydrogen-bond acceptors (Lipinski definition) is 2. The number of fused-ring (bicyclic) bond motifs is 1. The third kappa shape index (κ3) is 2.77. The molecule has 5 nitrogen and oxygen atoms in total. The van der Waals surface area contributed by atoms with Crippen molar-refractivity contribution in [1.29, 1.82) is 0 Å². The van der Waals surface area contributed by atoms with Gasteiger partial charge in [-0.3, -0.25) is 9.59 Å². The summed E-state index contributed by atoms with van der Waals surface area (Å²) in [6, 6.07) is 9.39. The molecular formula is C21H21N3O2. The number of nitrogens with two attached hydrogens (primary N) is 1. The van der Waals surface area contributed by atoms with Gasteiger partial charge in [0.25, 0.3) is 5.91 Å². The van der Waals surface area contributed by atoms with Crippen molar-refractivity contribution in [1.82, 2.24) is 4.98 Å². The Bertz CT molecular complexity index is 1060. The second-order valence-corrected chi connectivity index (χ2v) is 6.32. The summed E-state index contributed by atoms with van der Waals surface area (Å²) >= 11 is 0. The van der Waals surface area contributed by atoms with E-state index >= 15 is 0 Å². The Morgan fingerprint density at radius 3 is 2.46 bits per heavy atom. The van der Waals surface area contributed by atoms with E-state index in [0.717, 1.165) is 44.5 Å². The SMILES string of the molecule is C=CC(=O)Nc1cccc(-c2ccc(C(N)=O)c3[nH]c(C)c(C)c23)c1C. The highest BCUT2D eigenvalue weighted by Crippen LogP contribution is 2.37. The van der Waals surface area contributed by atoms with Crippen molar-refractivity contribution in [2.24, 2.45) is 5.73 Å². The zero-order chi connectivity index (χ0) is 19.0. The zero-order valence-corrected chi connectivity index (χ0v) is 15.1. The van der Waals surface area contributed by atoms with Crippen molar-refractivity contribution in [3.8, 4) is 11.1 Å². The number of hydrogen-bond donors (Lipinski definition) is 3. The van der Waals surface area contributed by atoms with E-state index in [-0.39, 0.29) is 5.91 Å². The normalized spacial score (nSPS) is 10.7. The molecule has 5 heteroatoms. The first kappa shape index (κ1) is 17.5. The summed E-state index contributed by atoms with van der Waals surface area (Å²) in [4.78, 5) is 26.8. The van der Waals surface area contributed by atoms with Gasteiger partial charge in [-0.1, -0.05) is 24.8 Å². The molecule has 3 rings (SSSR count). The molecule has 0 saturated carbocycles. The number of aromatic amines is 1. The van der Waals surface area contributed by atoms with Gasteiger partial charge in [0.05, 0.1) is 11.1 Å². The highest BCUT2D eigenvalue weighted by atomic mass is 16.1. The molecule has 3 aromatic rings. The van der Waals surface area contributed by atoms with E-state index in [4.69, 9.17) is 5.73 Å². The van der Waals surface area contributed by atoms with Crippen LogP contribution in [0, 0.1) is 20.8 Å². The van der Waals surface area contributed by atoms with Crippen molar-refractivity contribution in [2.45, 2.75) is 20.8 Å². The molecule has 0 fully saturated rings. The minimum atomic E-state index is -0.466. The van der Waals surface area contributed by atoms with E-state index in [0.29, 0.717) is 5.56 Å². The molecule has 26 heavy (non-hydrogen) atoms. The van der Waals surface area contributed by atoms with Crippen molar-refractivity contribution in [3.05, 3.63) is 65.4 Å². The molecule has 0 aliphatic rings. The molecular weight excluding hydrogens is 326 g/mol. The lowest BCUT2D eigenvalue weighted by molar-refractivity contribution is -0.111. The highest BCUT2D eigenvalue weighted by Gasteiger charge is 2.18. The lowest BCUT2D eigenvalue weighted by atomic mass is 9.93. The van der Waals surface area contributed by atoms with Crippen LogP contribution in [0.1, 0.15) is 27.2 Å². The Labute approximate surface area is 151 Å². The Balaban J connectivity index is 2.29. The van der Waals surface area contributed by atoms with E-state index in [9.17, 15) is 9.59 Å². The van der Waals surface area contributed by atoms with Crippen molar-refractivity contribution in [2.75, 3.05) is 5.32 Å². The Morgan fingerprint density at radius 2 is 1.81 bits per heavy atom. The van der Waals surface area contributed by atoms with Gasteiger partial charge < -0.3 is 16.0 Å². The fraction of sp³-hybridized carbons (Fsp3) is 0.143. The monoisotopic (exact) mass is 347 g/mol. The van der Waals surface area contributed by atoms with Crippen LogP contribution in [0.15, 0.2) is 43.0 Å². The number of benzene rings is 2. The number of H-pyrrole nitrogens is 1. The predicted octanol–water partition coefficient (Wildman–Crippen LogP) is 3.98. The van der Waals surface area contributed by atoms with E-state index in [1.54, 1.807) is 6.07 Å². The first-order valence-electron chi connectivity index (χ1n) is 8.30. The molecule has 0 spiro atoms. The van der Waals surface area contributed by atoms with Gasteiger partial charge in [-0.2, -0.15) is 0 Å². The third-order valence-electron chi connectivity index (χ3n) is 4.79. The van der Waals surface area contributed by atoms with E-state index in [1.807, 2.05) is 45.0 Å². The molecule has 0 aliphatic heterocycles. The summed E-state index contributed by atoms with van der Waals surface area (Å²) in [7, 11) is 0. The van der Waals surface area contributed by atoms with Gasteiger partial charge in [0.1, 0.15) is 0 Å². The van der Waals surface area contributed by atoms with Crippen LogP contribution >= 0.6 is 0 Å². The topological polar surface area (TPSA) is 88.0 Å². The summed E-state index contributed by atoms with van der Waals surface area (Å²) in [5.74, 6) is -0.723. The number of carbonyl (C=O) groups is 2. The van der Waals surface area contributed by atoms with Crippen LogP contribution in [0.4, 0.5) is 5.69 Å². The Morgan fingerprint density at radius 1 is 1.08 bits per heavy atom. The number of carbonyl (C=O) groups excluding carboxylic acids is 2. The number of amides is 2. The number of nitrogens with one attached hydrogen (secondary N) is 2. The number of aryl methyl sites for hydroxylation is 2. The maximum absolute atomic E-state index is 11.8. The highest BCUT2D eigenvalue weighted by molar-refractivity contribution is 6.11. The Hall–Kier alpha value is -3.34. The molecule has 0 bridgehead atoms. The van der Waals surface area contributed by atoms with Gasteiger partial charge in [-0.15, -0.1) is 0 Å². The van der Waals surface area contributed by atoms with Crippen LogP contribution in [0.25, 0.3) is 22.0 Å². The first-order valence-corrected chi connectivity index (χ1v) is 8.30. The molecule has 0 radical (unpaired) electrons. The largest absolute Gasteiger partial charge is 0.366 e. The van der Waals surface area contributed by atoms with Crippen molar-refractivity contribution >= 4 is 28.4 Å². The van der Waals surface area contributed by atoms with E-state index in [2.05, 4.69) is 16.9 Å².